The summed E-state index contributed by atoms with van der Waals surface area (Å²) >= 11 is 0. The molecular weight excluding hydrogens is 286 g/mol. The molecule has 0 saturated heterocycles. The van der Waals surface area contributed by atoms with Gasteiger partial charge in [-0.3, -0.25) is 4.68 Å². The average Bonchev–Trinajstić information content (AvgIpc) is 2.87. The SMILES string of the molecule is CC[C@H](NS(=O)(=O)c1cnn(CC)c1C)c1ccccc1. The van der Waals surface area contributed by atoms with Gasteiger partial charge in [-0.15, -0.1) is 0 Å². The van der Waals surface area contributed by atoms with Crippen LogP contribution in [0.3, 0.4) is 0 Å². The Morgan fingerprint density at radius 1 is 1.24 bits per heavy atom. The molecule has 0 aliphatic carbocycles. The smallest absolute Gasteiger partial charge is 0.244 e. The predicted molar refractivity (Wildman–Crippen MR) is 82.4 cm³/mol. The molecule has 2 rings (SSSR count). The summed E-state index contributed by atoms with van der Waals surface area (Å²) in [5.74, 6) is 0. The van der Waals surface area contributed by atoms with Crippen LogP contribution in [0.5, 0.6) is 0 Å². The van der Waals surface area contributed by atoms with E-state index in [2.05, 4.69) is 9.82 Å². The molecule has 114 valence electrons. The van der Waals surface area contributed by atoms with Gasteiger partial charge in [-0.25, -0.2) is 13.1 Å². The second-order valence-corrected chi connectivity index (χ2v) is 6.59. The van der Waals surface area contributed by atoms with Crippen LogP contribution in [0.2, 0.25) is 0 Å². The quantitative estimate of drug-likeness (QED) is 0.892. The van der Waals surface area contributed by atoms with Crippen molar-refractivity contribution in [3.63, 3.8) is 0 Å². The Morgan fingerprint density at radius 2 is 1.90 bits per heavy atom. The van der Waals surface area contributed by atoms with Crippen LogP contribution in [-0.4, -0.2) is 18.2 Å². The first-order valence-corrected chi connectivity index (χ1v) is 8.57. The van der Waals surface area contributed by atoms with Crippen LogP contribution in [0.15, 0.2) is 41.4 Å². The number of benzene rings is 1. The van der Waals surface area contributed by atoms with Crippen molar-refractivity contribution in [3.05, 3.63) is 47.8 Å². The van der Waals surface area contributed by atoms with Gasteiger partial charge >= 0.3 is 0 Å². The normalized spacial score (nSPS) is 13.3. The van der Waals surface area contributed by atoms with E-state index in [0.717, 1.165) is 5.56 Å². The van der Waals surface area contributed by atoms with E-state index < -0.39 is 10.0 Å². The first-order chi connectivity index (χ1) is 9.99. The highest BCUT2D eigenvalue weighted by Crippen LogP contribution is 2.21. The van der Waals surface area contributed by atoms with Crippen molar-refractivity contribution in [1.29, 1.82) is 0 Å². The molecule has 21 heavy (non-hydrogen) atoms. The Kier molecular flexibility index (Phi) is 4.80. The molecule has 1 aromatic carbocycles. The molecule has 1 atom stereocenters. The van der Waals surface area contributed by atoms with Crippen molar-refractivity contribution in [2.24, 2.45) is 0 Å². The monoisotopic (exact) mass is 307 g/mol. The number of aromatic nitrogens is 2. The topological polar surface area (TPSA) is 64.0 Å². The Bertz CT molecular complexity index is 693. The molecule has 6 heteroatoms. The van der Waals surface area contributed by atoms with Gasteiger partial charge in [-0.2, -0.15) is 5.10 Å². The fourth-order valence-electron chi connectivity index (χ4n) is 2.34. The highest BCUT2D eigenvalue weighted by atomic mass is 32.2. The van der Waals surface area contributed by atoms with Gasteiger partial charge in [0.05, 0.1) is 11.9 Å². The molecule has 0 aliphatic heterocycles. The first kappa shape index (κ1) is 15.7. The Hall–Kier alpha value is -1.66. The molecule has 1 aromatic heterocycles. The van der Waals surface area contributed by atoms with Crippen molar-refractivity contribution in [1.82, 2.24) is 14.5 Å². The standard InChI is InChI=1S/C15H21N3O2S/c1-4-14(13-9-7-6-8-10-13)17-21(19,20)15-11-16-18(5-2)12(15)3/h6-11,14,17H,4-5H2,1-3H3/t14-/m0/s1. The molecule has 1 N–H and O–H groups in total. The van der Waals surface area contributed by atoms with E-state index in [0.29, 0.717) is 18.7 Å². The molecule has 0 spiro atoms. The van der Waals surface area contributed by atoms with Crippen molar-refractivity contribution < 1.29 is 8.42 Å². The molecule has 0 bridgehead atoms. The zero-order valence-electron chi connectivity index (χ0n) is 12.6. The zero-order valence-corrected chi connectivity index (χ0v) is 13.4. The minimum absolute atomic E-state index is 0.236. The highest BCUT2D eigenvalue weighted by molar-refractivity contribution is 7.89. The van der Waals surface area contributed by atoms with Gasteiger partial charge < -0.3 is 0 Å². The van der Waals surface area contributed by atoms with Crippen LogP contribution in [0.1, 0.15) is 37.6 Å². The number of rotatable bonds is 6. The second-order valence-electron chi connectivity index (χ2n) is 4.90. The minimum atomic E-state index is -3.57. The van der Waals surface area contributed by atoms with Crippen LogP contribution in [0, 0.1) is 6.92 Å². The van der Waals surface area contributed by atoms with Crippen molar-refractivity contribution in [2.45, 2.75) is 44.7 Å². The lowest BCUT2D eigenvalue weighted by molar-refractivity contribution is 0.548. The van der Waals surface area contributed by atoms with Gasteiger partial charge in [0.2, 0.25) is 10.0 Å². The Morgan fingerprint density at radius 3 is 2.43 bits per heavy atom. The molecule has 0 amide bonds. The van der Waals surface area contributed by atoms with Gasteiger partial charge in [0, 0.05) is 12.6 Å². The lowest BCUT2D eigenvalue weighted by Gasteiger charge is -2.17. The number of hydrogen-bond donors (Lipinski definition) is 1. The summed E-state index contributed by atoms with van der Waals surface area (Å²) in [6.07, 6.45) is 2.10. The van der Waals surface area contributed by atoms with E-state index >= 15 is 0 Å². The maximum atomic E-state index is 12.6. The van der Waals surface area contributed by atoms with E-state index in [-0.39, 0.29) is 10.9 Å². The summed E-state index contributed by atoms with van der Waals surface area (Å²) in [5, 5.41) is 4.10. The Balaban J connectivity index is 2.29. The summed E-state index contributed by atoms with van der Waals surface area (Å²) in [5.41, 5.74) is 1.62. The summed E-state index contributed by atoms with van der Waals surface area (Å²) in [6.45, 7) is 6.32. The number of nitrogens with zero attached hydrogens (tertiary/aromatic N) is 2. The van der Waals surface area contributed by atoms with E-state index in [1.165, 1.54) is 6.20 Å². The third-order valence-corrected chi connectivity index (χ3v) is 5.13. The Labute approximate surface area is 126 Å². The van der Waals surface area contributed by atoms with Crippen molar-refractivity contribution in [3.8, 4) is 0 Å². The van der Waals surface area contributed by atoms with Crippen LogP contribution in [-0.2, 0) is 16.6 Å². The molecule has 0 radical (unpaired) electrons. The summed E-state index contributed by atoms with van der Waals surface area (Å²) in [4.78, 5) is 0.249. The van der Waals surface area contributed by atoms with Crippen molar-refractivity contribution >= 4 is 10.0 Å². The van der Waals surface area contributed by atoms with Crippen molar-refractivity contribution in [2.75, 3.05) is 0 Å². The first-order valence-electron chi connectivity index (χ1n) is 7.09. The molecule has 2 aromatic rings. The van der Waals surface area contributed by atoms with Gasteiger partial charge in [-0.1, -0.05) is 37.3 Å². The van der Waals surface area contributed by atoms with Gasteiger partial charge in [-0.05, 0) is 25.8 Å². The van der Waals surface area contributed by atoms with Crippen LogP contribution >= 0.6 is 0 Å². The van der Waals surface area contributed by atoms with E-state index in [1.54, 1.807) is 11.6 Å². The average molecular weight is 307 g/mol. The zero-order chi connectivity index (χ0) is 15.5. The number of sulfonamides is 1. The third-order valence-electron chi connectivity index (χ3n) is 3.55. The van der Waals surface area contributed by atoms with Crippen LogP contribution in [0.4, 0.5) is 0 Å². The number of hydrogen-bond acceptors (Lipinski definition) is 3. The van der Waals surface area contributed by atoms with Gasteiger partial charge in [0.25, 0.3) is 0 Å². The summed E-state index contributed by atoms with van der Waals surface area (Å²) in [6, 6.07) is 9.36. The number of nitrogens with one attached hydrogen (secondary N) is 1. The van der Waals surface area contributed by atoms with Crippen LogP contribution < -0.4 is 4.72 Å². The maximum absolute atomic E-state index is 12.6. The lowest BCUT2D eigenvalue weighted by Crippen LogP contribution is -2.28. The summed E-state index contributed by atoms with van der Waals surface area (Å²) in [7, 11) is -3.57. The number of aryl methyl sites for hydroxylation is 1. The molecule has 0 unspecified atom stereocenters. The highest BCUT2D eigenvalue weighted by Gasteiger charge is 2.24. The van der Waals surface area contributed by atoms with E-state index in [1.807, 2.05) is 44.2 Å². The van der Waals surface area contributed by atoms with Gasteiger partial charge in [0.15, 0.2) is 0 Å². The molecule has 5 nitrogen and oxygen atoms in total. The van der Waals surface area contributed by atoms with Crippen LogP contribution in [0.25, 0.3) is 0 Å². The molecule has 0 aliphatic rings. The fourth-order valence-corrected chi connectivity index (χ4v) is 3.82. The fraction of sp³-hybridized carbons (Fsp3) is 0.400. The molecule has 1 heterocycles. The summed E-state index contributed by atoms with van der Waals surface area (Å²) < 4.78 is 29.6. The molecule has 0 saturated carbocycles. The predicted octanol–water partition coefficient (Wildman–Crippen LogP) is 2.64. The molecular formula is C15H21N3O2S. The van der Waals surface area contributed by atoms with E-state index in [9.17, 15) is 8.42 Å². The maximum Gasteiger partial charge on any atom is 0.244 e. The largest absolute Gasteiger partial charge is 0.269 e. The van der Waals surface area contributed by atoms with Gasteiger partial charge in [0.1, 0.15) is 4.90 Å². The minimum Gasteiger partial charge on any atom is -0.269 e. The lowest BCUT2D eigenvalue weighted by atomic mass is 10.1. The second kappa shape index (κ2) is 6.41. The van der Waals surface area contributed by atoms with E-state index in [4.69, 9.17) is 0 Å². The third kappa shape index (κ3) is 3.33. The molecule has 0 fully saturated rings.